The van der Waals surface area contributed by atoms with Crippen LogP contribution in [-0.2, 0) is 4.74 Å². The van der Waals surface area contributed by atoms with Gasteiger partial charge in [0, 0.05) is 18.8 Å². The third kappa shape index (κ3) is 2.36. The molecule has 1 fully saturated rings. The van der Waals surface area contributed by atoms with Crippen LogP contribution in [0.4, 0.5) is 0 Å². The van der Waals surface area contributed by atoms with Gasteiger partial charge in [0.25, 0.3) is 0 Å². The molecule has 1 aromatic heterocycles. The third-order valence-electron chi connectivity index (χ3n) is 3.20. The lowest BCUT2D eigenvalue weighted by Crippen LogP contribution is -2.34. The van der Waals surface area contributed by atoms with Crippen LogP contribution in [0.15, 0.2) is 36.8 Å². The first kappa shape index (κ1) is 11.9. The van der Waals surface area contributed by atoms with Crippen molar-refractivity contribution in [3.8, 4) is 11.8 Å². The molecular formula is C14H14N4O. The van der Waals surface area contributed by atoms with Crippen LogP contribution in [0, 0.1) is 11.3 Å². The fraction of sp³-hybridized carbons (Fsp3) is 0.286. The van der Waals surface area contributed by atoms with Gasteiger partial charge in [-0.3, -0.25) is 0 Å². The van der Waals surface area contributed by atoms with Gasteiger partial charge >= 0.3 is 0 Å². The molecule has 0 amide bonds. The maximum atomic E-state index is 8.82. The quantitative estimate of drug-likeness (QED) is 0.880. The first-order chi connectivity index (χ1) is 9.38. The maximum absolute atomic E-state index is 8.82. The van der Waals surface area contributed by atoms with Crippen molar-refractivity contribution in [3.63, 3.8) is 0 Å². The van der Waals surface area contributed by atoms with Crippen LogP contribution in [0.5, 0.6) is 0 Å². The van der Waals surface area contributed by atoms with Gasteiger partial charge in [-0.2, -0.15) is 5.26 Å². The molecule has 0 bridgehead atoms. The van der Waals surface area contributed by atoms with E-state index >= 15 is 0 Å². The van der Waals surface area contributed by atoms with Crippen molar-refractivity contribution >= 4 is 0 Å². The van der Waals surface area contributed by atoms with Gasteiger partial charge in [0.1, 0.15) is 6.10 Å². The summed E-state index contributed by atoms with van der Waals surface area (Å²) in [6, 6.07) is 9.56. The summed E-state index contributed by atoms with van der Waals surface area (Å²) in [5, 5.41) is 12.1. The predicted octanol–water partition coefficient (Wildman–Crippen LogP) is 1.40. The van der Waals surface area contributed by atoms with Crippen molar-refractivity contribution in [2.75, 3.05) is 19.7 Å². The van der Waals surface area contributed by atoms with E-state index in [1.165, 1.54) is 0 Å². The molecule has 0 saturated carbocycles. The molecule has 0 spiro atoms. The maximum Gasteiger partial charge on any atom is 0.112 e. The van der Waals surface area contributed by atoms with Gasteiger partial charge in [0.05, 0.1) is 36.5 Å². The normalized spacial score (nSPS) is 19.0. The molecule has 2 aromatic rings. The van der Waals surface area contributed by atoms with Crippen LogP contribution in [0.2, 0.25) is 0 Å². The predicted molar refractivity (Wildman–Crippen MR) is 69.8 cm³/mol. The molecule has 5 heteroatoms. The number of aromatic nitrogens is 2. The largest absolute Gasteiger partial charge is 0.369 e. The van der Waals surface area contributed by atoms with Gasteiger partial charge in [0.15, 0.2) is 0 Å². The molecule has 1 aromatic carbocycles. The smallest absolute Gasteiger partial charge is 0.112 e. The molecule has 1 unspecified atom stereocenters. The van der Waals surface area contributed by atoms with Crippen molar-refractivity contribution in [2.24, 2.45) is 0 Å². The summed E-state index contributed by atoms with van der Waals surface area (Å²) in [5.41, 5.74) is 2.67. The highest BCUT2D eigenvalue weighted by Gasteiger charge is 2.19. The number of imidazole rings is 1. The van der Waals surface area contributed by atoms with Crippen molar-refractivity contribution in [2.45, 2.75) is 6.10 Å². The van der Waals surface area contributed by atoms with Gasteiger partial charge in [-0.25, -0.2) is 4.98 Å². The molecule has 0 radical (unpaired) electrons. The Bertz CT molecular complexity index is 591. The standard InChI is InChI=1S/C14H14N4O/c15-7-11-1-3-12(4-2-11)18-10-17-8-13(18)14-9-16-5-6-19-14/h1-4,8,10,14,16H,5-6,9H2. The van der Waals surface area contributed by atoms with Crippen LogP contribution in [0.3, 0.4) is 0 Å². The average molecular weight is 254 g/mol. The molecular weight excluding hydrogens is 240 g/mol. The van der Waals surface area contributed by atoms with Crippen LogP contribution < -0.4 is 5.32 Å². The third-order valence-corrected chi connectivity index (χ3v) is 3.20. The van der Waals surface area contributed by atoms with E-state index < -0.39 is 0 Å². The number of hydrogen-bond donors (Lipinski definition) is 1. The first-order valence-electron chi connectivity index (χ1n) is 6.23. The second-order valence-corrected chi connectivity index (χ2v) is 4.41. The lowest BCUT2D eigenvalue weighted by molar-refractivity contribution is 0.0240. The lowest BCUT2D eigenvalue weighted by atomic mass is 10.2. The number of nitriles is 1. The van der Waals surface area contributed by atoms with E-state index in [0.717, 1.165) is 24.5 Å². The molecule has 0 aliphatic carbocycles. The van der Waals surface area contributed by atoms with Crippen molar-refractivity contribution in [3.05, 3.63) is 48.0 Å². The van der Waals surface area contributed by atoms with Crippen LogP contribution >= 0.6 is 0 Å². The minimum Gasteiger partial charge on any atom is -0.369 e. The molecule has 1 aliphatic rings. The van der Waals surface area contributed by atoms with Crippen molar-refractivity contribution < 1.29 is 4.74 Å². The Morgan fingerprint density at radius 3 is 2.89 bits per heavy atom. The summed E-state index contributed by atoms with van der Waals surface area (Å²) < 4.78 is 7.75. The minimum atomic E-state index is 0.0203. The zero-order valence-electron chi connectivity index (χ0n) is 10.4. The Kier molecular flexibility index (Phi) is 3.27. The molecule has 3 rings (SSSR count). The number of nitrogens with one attached hydrogen (secondary N) is 1. The Morgan fingerprint density at radius 2 is 2.21 bits per heavy atom. The minimum absolute atomic E-state index is 0.0203. The highest BCUT2D eigenvalue weighted by atomic mass is 16.5. The molecule has 2 heterocycles. The second kappa shape index (κ2) is 5.22. The summed E-state index contributed by atoms with van der Waals surface area (Å²) in [7, 11) is 0. The summed E-state index contributed by atoms with van der Waals surface area (Å²) in [4.78, 5) is 4.21. The fourth-order valence-corrected chi connectivity index (χ4v) is 2.21. The molecule has 19 heavy (non-hydrogen) atoms. The zero-order valence-corrected chi connectivity index (χ0v) is 10.4. The highest BCUT2D eigenvalue weighted by molar-refractivity contribution is 5.40. The van der Waals surface area contributed by atoms with Gasteiger partial charge in [-0.1, -0.05) is 0 Å². The summed E-state index contributed by atoms with van der Waals surface area (Å²) in [6.07, 6.45) is 3.62. The van der Waals surface area contributed by atoms with E-state index in [-0.39, 0.29) is 6.10 Å². The van der Waals surface area contributed by atoms with E-state index in [1.54, 1.807) is 18.5 Å². The fourth-order valence-electron chi connectivity index (χ4n) is 2.21. The van der Waals surface area contributed by atoms with E-state index in [1.807, 2.05) is 22.9 Å². The van der Waals surface area contributed by atoms with Crippen LogP contribution in [0.1, 0.15) is 17.4 Å². The number of hydrogen-bond acceptors (Lipinski definition) is 4. The molecule has 1 atom stereocenters. The monoisotopic (exact) mass is 254 g/mol. The van der Waals surface area contributed by atoms with E-state index in [9.17, 15) is 0 Å². The van der Waals surface area contributed by atoms with Crippen molar-refractivity contribution in [1.82, 2.24) is 14.9 Å². The van der Waals surface area contributed by atoms with Crippen molar-refractivity contribution in [1.29, 1.82) is 5.26 Å². The molecule has 1 saturated heterocycles. The summed E-state index contributed by atoms with van der Waals surface area (Å²) in [6.45, 7) is 2.40. The molecule has 1 N–H and O–H groups in total. The number of benzene rings is 1. The Morgan fingerprint density at radius 1 is 1.37 bits per heavy atom. The first-order valence-corrected chi connectivity index (χ1v) is 6.23. The molecule has 1 aliphatic heterocycles. The van der Waals surface area contributed by atoms with Gasteiger partial charge < -0.3 is 14.6 Å². The highest BCUT2D eigenvalue weighted by Crippen LogP contribution is 2.21. The Balaban J connectivity index is 1.92. The topological polar surface area (TPSA) is 62.9 Å². The van der Waals surface area contributed by atoms with E-state index in [2.05, 4.69) is 16.4 Å². The number of rotatable bonds is 2. The van der Waals surface area contributed by atoms with Gasteiger partial charge in [-0.15, -0.1) is 0 Å². The van der Waals surface area contributed by atoms with Crippen LogP contribution in [0.25, 0.3) is 5.69 Å². The van der Waals surface area contributed by atoms with Gasteiger partial charge in [0.2, 0.25) is 0 Å². The number of nitrogens with zero attached hydrogens (tertiary/aromatic N) is 3. The number of morpholine rings is 1. The Hall–Kier alpha value is -2.16. The average Bonchev–Trinajstić information content (AvgIpc) is 2.98. The van der Waals surface area contributed by atoms with Crippen LogP contribution in [-0.4, -0.2) is 29.2 Å². The zero-order chi connectivity index (χ0) is 13.1. The summed E-state index contributed by atoms with van der Waals surface area (Å²) >= 11 is 0. The van der Waals surface area contributed by atoms with Gasteiger partial charge in [-0.05, 0) is 24.3 Å². The molecule has 96 valence electrons. The second-order valence-electron chi connectivity index (χ2n) is 4.41. The summed E-state index contributed by atoms with van der Waals surface area (Å²) in [5.74, 6) is 0. The van der Waals surface area contributed by atoms with E-state index in [0.29, 0.717) is 12.2 Å². The molecule has 5 nitrogen and oxygen atoms in total. The number of ether oxygens (including phenoxy) is 1. The lowest BCUT2D eigenvalue weighted by Gasteiger charge is -2.24. The SMILES string of the molecule is N#Cc1ccc(-n2cncc2C2CNCCO2)cc1. The Labute approximate surface area is 111 Å². The van der Waals surface area contributed by atoms with E-state index in [4.69, 9.17) is 10.00 Å².